The minimum absolute atomic E-state index is 0.350. The molecular formula is C12H24B2IO4. The van der Waals surface area contributed by atoms with E-state index < -0.39 is 18.2 Å². The van der Waals surface area contributed by atoms with Crippen molar-refractivity contribution in [2.75, 3.05) is 0 Å². The smallest absolute Gasteiger partial charge is 0.435 e. The molecule has 0 aliphatic carbocycles. The lowest BCUT2D eigenvalue weighted by Gasteiger charge is -2.39. The summed E-state index contributed by atoms with van der Waals surface area (Å²) in [6, 6.07) is 0. The third-order valence-electron chi connectivity index (χ3n) is 4.39. The predicted octanol–water partition coefficient (Wildman–Crippen LogP) is 3.13. The van der Waals surface area contributed by atoms with E-state index in [2.05, 4.69) is 0 Å². The summed E-state index contributed by atoms with van der Waals surface area (Å²) in [6.07, 6.45) is 0. The van der Waals surface area contributed by atoms with Gasteiger partial charge in [0, 0.05) is 0 Å². The Labute approximate surface area is 132 Å². The van der Waals surface area contributed by atoms with E-state index in [0.29, 0.717) is 0 Å². The largest absolute Gasteiger partial charge is 0.439 e. The van der Waals surface area contributed by atoms with E-state index in [4.69, 9.17) is 17.0 Å². The van der Waals surface area contributed by atoms with Crippen LogP contribution in [0.3, 0.4) is 0 Å². The van der Waals surface area contributed by atoms with E-state index in [1.54, 1.807) is 7.37 Å². The summed E-state index contributed by atoms with van der Waals surface area (Å²) in [5.41, 5.74) is -1.61. The van der Waals surface area contributed by atoms with Gasteiger partial charge in [0.1, 0.15) is 28.6 Å². The number of rotatable bonds is 5. The normalized spacial score (nSPS) is 22.7. The van der Waals surface area contributed by atoms with Crippen molar-refractivity contribution in [3.05, 3.63) is 0 Å². The average Bonchev–Trinajstić information content (AvgIpc) is 2.45. The Morgan fingerprint density at radius 1 is 0.947 bits per heavy atom. The molecule has 1 radical (unpaired) electrons. The average molecular weight is 381 g/mol. The van der Waals surface area contributed by atoms with Gasteiger partial charge in [-0.3, -0.25) is 0 Å². The predicted molar refractivity (Wildman–Crippen MR) is 86.2 cm³/mol. The molecule has 0 atom stereocenters. The SMILES string of the molecule is CC(C)(OI)C(C)(C)O[B]B1OC(C)(C)C(C)(C)O1. The van der Waals surface area contributed by atoms with Gasteiger partial charge in [-0.1, -0.05) is 0 Å². The first kappa shape index (κ1) is 17.8. The molecule has 0 spiro atoms. The molecule has 1 heterocycles. The fraction of sp³-hybridized carbons (Fsp3) is 1.00. The van der Waals surface area contributed by atoms with Gasteiger partial charge in [-0.25, -0.2) is 0 Å². The maximum atomic E-state index is 5.86. The molecule has 7 heteroatoms. The molecule has 109 valence electrons. The molecule has 1 aliphatic rings. The second-order valence-electron chi connectivity index (χ2n) is 6.98. The second kappa shape index (κ2) is 5.48. The van der Waals surface area contributed by atoms with E-state index in [1.807, 2.05) is 78.4 Å². The minimum Gasteiger partial charge on any atom is -0.435 e. The number of hydrogen-bond acceptors (Lipinski definition) is 4. The number of halogens is 1. The van der Waals surface area contributed by atoms with E-state index in [-0.39, 0.29) is 11.2 Å². The van der Waals surface area contributed by atoms with E-state index in [0.717, 1.165) is 0 Å². The highest BCUT2D eigenvalue weighted by Crippen LogP contribution is 2.37. The molecule has 1 rings (SSSR count). The highest BCUT2D eigenvalue weighted by Gasteiger charge is 2.52. The van der Waals surface area contributed by atoms with Crippen LogP contribution in [-0.2, 0) is 17.0 Å². The second-order valence-corrected chi connectivity index (χ2v) is 7.42. The maximum Gasteiger partial charge on any atom is 0.439 e. The van der Waals surface area contributed by atoms with Crippen LogP contribution in [0.2, 0.25) is 0 Å². The molecule has 0 aromatic heterocycles. The quantitative estimate of drug-likeness (QED) is 0.542. The Balaban J connectivity index is 2.61. The van der Waals surface area contributed by atoms with Gasteiger partial charge in [-0.05, 0) is 55.4 Å². The molecule has 0 N–H and O–H groups in total. The van der Waals surface area contributed by atoms with Crippen molar-refractivity contribution in [3.8, 4) is 0 Å². The van der Waals surface area contributed by atoms with Crippen LogP contribution >= 0.6 is 23.0 Å². The van der Waals surface area contributed by atoms with Crippen LogP contribution in [0.1, 0.15) is 55.4 Å². The van der Waals surface area contributed by atoms with Gasteiger partial charge >= 0.3 is 14.4 Å². The summed E-state index contributed by atoms with van der Waals surface area (Å²) in [5, 5.41) is 0. The topological polar surface area (TPSA) is 36.9 Å². The fourth-order valence-electron chi connectivity index (χ4n) is 1.40. The highest BCUT2D eigenvalue weighted by molar-refractivity contribution is 14.1. The molecular weight excluding hydrogens is 357 g/mol. The molecule has 1 fully saturated rings. The van der Waals surface area contributed by atoms with Crippen molar-refractivity contribution < 1.29 is 17.0 Å². The number of hydrogen-bond donors (Lipinski definition) is 0. The Morgan fingerprint density at radius 3 is 1.74 bits per heavy atom. The van der Waals surface area contributed by atoms with Gasteiger partial charge in [0.05, 0.1) is 16.8 Å². The van der Waals surface area contributed by atoms with Crippen LogP contribution in [0.5, 0.6) is 0 Å². The third kappa shape index (κ3) is 3.67. The Bertz CT molecular complexity index is 316. The van der Waals surface area contributed by atoms with Crippen molar-refractivity contribution in [1.29, 1.82) is 0 Å². The van der Waals surface area contributed by atoms with Gasteiger partial charge in [-0.2, -0.15) is 0 Å². The summed E-state index contributed by atoms with van der Waals surface area (Å²) in [6.45, 7) is 16.0. The van der Waals surface area contributed by atoms with Gasteiger partial charge in [-0.15, -0.1) is 0 Å². The van der Waals surface area contributed by atoms with Crippen LogP contribution in [0.25, 0.3) is 0 Å². The minimum atomic E-state index is -0.488. The molecule has 1 saturated heterocycles. The van der Waals surface area contributed by atoms with Crippen LogP contribution < -0.4 is 0 Å². The molecule has 0 unspecified atom stereocenters. The zero-order valence-corrected chi connectivity index (χ0v) is 15.3. The molecule has 0 saturated carbocycles. The van der Waals surface area contributed by atoms with Gasteiger partial charge in [0.15, 0.2) is 0 Å². The Hall–Kier alpha value is 0.700. The Kier molecular flexibility index (Phi) is 5.12. The van der Waals surface area contributed by atoms with Crippen molar-refractivity contribution in [3.63, 3.8) is 0 Å². The zero-order valence-electron chi connectivity index (χ0n) is 13.2. The molecule has 0 amide bonds. The van der Waals surface area contributed by atoms with Crippen LogP contribution in [-0.4, -0.2) is 36.8 Å². The molecule has 4 nitrogen and oxygen atoms in total. The van der Waals surface area contributed by atoms with Gasteiger partial charge in [0.25, 0.3) is 0 Å². The van der Waals surface area contributed by atoms with Gasteiger partial charge < -0.3 is 17.0 Å². The summed E-state index contributed by atoms with van der Waals surface area (Å²) < 4.78 is 23.0. The maximum absolute atomic E-state index is 5.86. The molecule has 0 aromatic carbocycles. The van der Waals surface area contributed by atoms with Crippen molar-refractivity contribution in [2.24, 2.45) is 0 Å². The van der Waals surface area contributed by atoms with E-state index in [1.165, 1.54) is 0 Å². The summed E-state index contributed by atoms with van der Waals surface area (Å²) in [4.78, 5) is 0. The summed E-state index contributed by atoms with van der Waals surface area (Å²) >= 11 is 1.90. The van der Waals surface area contributed by atoms with Gasteiger partial charge in [0.2, 0.25) is 0 Å². The molecule has 19 heavy (non-hydrogen) atoms. The lowest BCUT2D eigenvalue weighted by Crippen LogP contribution is -2.50. The van der Waals surface area contributed by atoms with Crippen molar-refractivity contribution in [2.45, 2.75) is 77.8 Å². The fourth-order valence-corrected chi connectivity index (χ4v) is 1.93. The van der Waals surface area contributed by atoms with Crippen LogP contribution in [0.15, 0.2) is 0 Å². The first-order chi connectivity index (χ1) is 8.35. The van der Waals surface area contributed by atoms with E-state index >= 15 is 0 Å². The zero-order chi connectivity index (χ0) is 15.1. The van der Waals surface area contributed by atoms with Crippen LogP contribution in [0, 0.1) is 0 Å². The lowest BCUT2D eigenvalue weighted by molar-refractivity contribution is -0.0482. The molecule has 1 aliphatic heterocycles. The Morgan fingerprint density at radius 2 is 1.37 bits per heavy atom. The monoisotopic (exact) mass is 381 g/mol. The van der Waals surface area contributed by atoms with E-state index in [9.17, 15) is 0 Å². The lowest BCUT2D eigenvalue weighted by atomic mass is 9.55. The molecule has 0 aromatic rings. The summed E-state index contributed by atoms with van der Waals surface area (Å²) in [7, 11) is 1.16. The van der Waals surface area contributed by atoms with Crippen LogP contribution in [0.4, 0.5) is 0 Å². The summed E-state index contributed by atoms with van der Waals surface area (Å²) in [5.74, 6) is 0. The standard InChI is InChI=1S/C12H24B2IO4/c1-9(2,12(7,8)19-15)16-13-14-17-10(3,4)11(5,6)18-14/h1-8H3. The third-order valence-corrected chi connectivity index (χ3v) is 5.49. The van der Waals surface area contributed by atoms with Crippen molar-refractivity contribution >= 4 is 37.4 Å². The highest BCUT2D eigenvalue weighted by atomic mass is 127. The first-order valence-electron chi connectivity index (χ1n) is 6.51. The molecule has 0 bridgehead atoms. The van der Waals surface area contributed by atoms with Crippen molar-refractivity contribution in [1.82, 2.24) is 0 Å². The first-order valence-corrected chi connectivity index (χ1v) is 7.39.